The van der Waals surface area contributed by atoms with Crippen molar-refractivity contribution >= 4 is 27.3 Å². The van der Waals surface area contributed by atoms with E-state index >= 15 is 0 Å². The highest BCUT2D eigenvalue weighted by atomic mass is 32.2. The number of carbonyl (C=O) groups excluding carboxylic acids is 1. The summed E-state index contributed by atoms with van der Waals surface area (Å²) in [6.07, 6.45) is 1.18. The van der Waals surface area contributed by atoms with Crippen LogP contribution in [0, 0.1) is 10.1 Å². The molecular formula is C21H24N4O5S. The fourth-order valence-corrected chi connectivity index (χ4v) is 5.86. The highest BCUT2D eigenvalue weighted by Crippen LogP contribution is 2.28. The first-order valence-electron chi connectivity index (χ1n) is 10.2. The monoisotopic (exact) mass is 444 g/mol. The number of benzene rings is 2. The van der Waals surface area contributed by atoms with Crippen LogP contribution in [0.3, 0.4) is 0 Å². The van der Waals surface area contributed by atoms with Gasteiger partial charge in [-0.2, -0.15) is 4.31 Å². The number of amides is 1. The molecule has 0 saturated carbocycles. The summed E-state index contributed by atoms with van der Waals surface area (Å²) in [6.45, 7) is 2.47. The predicted octanol–water partition coefficient (Wildman–Crippen LogP) is 2.10. The van der Waals surface area contributed by atoms with Crippen molar-refractivity contribution in [3.05, 3.63) is 64.7 Å². The van der Waals surface area contributed by atoms with Crippen LogP contribution in [0.25, 0.3) is 0 Å². The third-order valence-electron chi connectivity index (χ3n) is 5.86. The van der Waals surface area contributed by atoms with E-state index in [1.807, 2.05) is 0 Å². The van der Waals surface area contributed by atoms with Crippen LogP contribution >= 0.6 is 0 Å². The average molecular weight is 445 g/mol. The minimum atomic E-state index is -3.72. The fourth-order valence-electron chi connectivity index (χ4n) is 4.18. The van der Waals surface area contributed by atoms with Crippen LogP contribution in [0.4, 0.5) is 11.4 Å². The van der Waals surface area contributed by atoms with Gasteiger partial charge >= 0.3 is 0 Å². The van der Waals surface area contributed by atoms with E-state index < -0.39 is 21.0 Å². The van der Waals surface area contributed by atoms with Gasteiger partial charge in [-0.3, -0.25) is 14.9 Å². The third-order valence-corrected chi connectivity index (χ3v) is 7.78. The van der Waals surface area contributed by atoms with Crippen LogP contribution in [-0.2, 0) is 14.8 Å². The number of sulfonamides is 1. The standard InChI is InChI=1S/C21H24N4O5S/c26-21(20-7-4-12-24(20)31(29,30)19-5-2-1-3-6-19)23-15-13-22(14-16-23)17-8-10-18(11-9-17)25(27)28/h1-3,5-6,8-11,20H,4,7,12-16H2. The first-order chi connectivity index (χ1) is 14.9. The van der Waals surface area contributed by atoms with Crippen LogP contribution in [0.15, 0.2) is 59.5 Å². The molecule has 2 fully saturated rings. The van der Waals surface area contributed by atoms with Crippen molar-refractivity contribution in [3.8, 4) is 0 Å². The molecule has 1 amide bonds. The number of rotatable bonds is 5. The Morgan fingerprint density at radius 1 is 0.935 bits per heavy atom. The molecule has 164 valence electrons. The maximum absolute atomic E-state index is 13.2. The number of anilines is 1. The number of nitro groups is 1. The Morgan fingerprint density at radius 3 is 2.19 bits per heavy atom. The number of hydrogen-bond acceptors (Lipinski definition) is 6. The molecule has 1 unspecified atom stereocenters. The first-order valence-corrected chi connectivity index (χ1v) is 11.7. The molecule has 2 heterocycles. The predicted molar refractivity (Wildman–Crippen MR) is 115 cm³/mol. The van der Waals surface area contributed by atoms with Gasteiger partial charge in [0, 0.05) is 50.5 Å². The molecule has 2 aromatic rings. The Morgan fingerprint density at radius 2 is 1.58 bits per heavy atom. The van der Waals surface area contributed by atoms with Gasteiger partial charge in [0.1, 0.15) is 6.04 Å². The van der Waals surface area contributed by atoms with Crippen molar-refractivity contribution in [1.82, 2.24) is 9.21 Å². The number of carbonyl (C=O) groups is 1. The molecule has 0 spiro atoms. The average Bonchev–Trinajstić information content (AvgIpc) is 3.30. The van der Waals surface area contributed by atoms with Gasteiger partial charge in [0.25, 0.3) is 5.69 Å². The van der Waals surface area contributed by atoms with Crippen LogP contribution < -0.4 is 4.90 Å². The zero-order valence-corrected chi connectivity index (χ0v) is 17.8. The van der Waals surface area contributed by atoms with E-state index in [4.69, 9.17) is 0 Å². The molecule has 10 heteroatoms. The third kappa shape index (κ3) is 4.26. The summed E-state index contributed by atoms with van der Waals surface area (Å²) in [5, 5.41) is 10.8. The first kappa shape index (κ1) is 21.3. The number of nitro benzene ring substituents is 1. The highest BCUT2D eigenvalue weighted by Gasteiger charge is 2.41. The van der Waals surface area contributed by atoms with Gasteiger partial charge in [0.2, 0.25) is 15.9 Å². The summed E-state index contributed by atoms with van der Waals surface area (Å²) < 4.78 is 27.4. The lowest BCUT2D eigenvalue weighted by Gasteiger charge is -2.38. The van der Waals surface area contributed by atoms with Gasteiger partial charge < -0.3 is 9.80 Å². The van der Waals surface area contributed by atoms with Crippen molar-refractivity contribution in [2.75, 3.05) is 37.6 Å². The summed E-state index contributed by atoms with van der Waals surface area (Å²) in [5.41, 5.74) is 0.908. The Balaban J connectivity index is 1.41. The lowest BCUT2D eigenvalue weighted by molar-refractivity contribution is -0.384. The maximum atomic E-state index is 13.2. The molecule has 0 aliphatic carbocycles. The largest absolute Gasteiger partial charge is 0.368 e. The van der Waals surface area contributed by atoms with Crippen molar-refractivity contribution in [3.63, 3.8) is 0 Å². The smallest absolute Gasteiger partial charge is 0.269 e. The van der Waals surface area contributed by atoms with Crippen molar-refractivity contribution in [2.45, 2.75) is 23.8 Å². The second-order valence-electron chi connectivity index (χ2n) is 7.67. The fraction of sp³-hybridized carbons (Fsp3) is 0.381. The van der Waals surface area contributed by atoms with Crippen molar-refractivity contribution < 1.29 is 18.1 Å². The van der Waals surface area contributed by atoms with Crippen LogP contribution in [0.2, 0.25) is 0 Å². The molecule has 0 radical (unpaired) electrons. The van der Waals surface area contributed by atoms with E-state index in [0.29, 0.717) is 45.6 Å². The Labute approximate surface area is 181 Å². The highest BCUT2D eigenvalue weighted by molar-refractivity contribution is 7.89. The summed E-state index contributed by atoms with van der Waals surface area (Å²) >= 11 is 0. The second kappa shape index (κ2) is 8.64. The van der Waals surface area contributed by atoms with E-state index in [0.717, 1.165) is 5.69 Å². The van der Waals surface area contributed by atoms with Gasteiger partial charge in [0.05, 0.1) is 9.82 Å². The molecule has 1 atom stereocenters. The molecule has 9 nitrogen and oxygen atoms in total. The number of hydrogen-bond donors (Lipinski definition) is 0. The van der Waals surface area contributed by atoms with Crippen molar-refractivity contribution in [2.24, 2.45) is 0 Å². The number of piperazine rings is 1. The van der Waals surface area contributed by atoms with Gasteiger partial charge in [-0.15, -0.1) is 0 Å². The van der Waals surface area contributed by atoms with Crippen LogP contribution in [-0.4, -0.2) is 67.2 Å². The Kier molecular flexibility index (Phi) is 5.92. The Hall–Kier alpha value is -2.98. The lowest BCUT2D eigenvalue weighted by atomic mass is 10.1. The van der Waals surface area contributed by atoms with E-state index in [-0.39, 0.29) is 16.5 Å². The summed E-state index contributed by atoms with van der Waals surface area (Å²) in [7, 11) is -3.72. The van der Waals surface area contributed by atoms with Crippen LogP contribution in [0.1, 0.15) is 12.8 Å². The molecule has 4 rings (SSSR count). The molecule has 2 aliphatic heterocycles. The second-order valence-corrected chi connectivity index (χ2v) is 9.56. The SMILES string of the molecule is O=C(C1CCCN1S(=O)(=O)c1ccccc1)N1CCN(c2ccc([N+](=O)[O-])cc2)CC1. The summed E-state index contributed by atoms with van der Waals surface area (Å²) in [4.78, 5) is 27.6. The minimum absolute atomic E-state index is 0.0403. The van der Waals surface area contributed by atoms with E-state index in [1.165, 1.54) is 16.4 Å². The maximum Gasteiger partial charge on any atom is 0.269 e. The van der Waals surface area contributed by atoms with Crippen LogP contribution in [0.5, 0.6) is 0 Å². The van der Waals surface area contributed by atoms with Gasteiger partial charge in [0.15, 0.2) is 0 Å². The van der Waals surface area contributed by atoms with E-state index in [1.54, 1.807) is 47.4 Å². The quantitative estimate of drug-likeness (QED) is 0.517. The zero-order chi connectivity index (χ0) is 22.0. The summed E-state index contributed by atoms with van der Waals surface area (Å²) in [6, 6.07) is 13.9. The van der Waals surface area contributed by atoms with Crippen molar-refractivity contribution in [1.29, 1.82) is 0 Å². The number of non-ortho nitro benzene ring substituents is 1. The molecular weight excluding hydrogens is 420 g/mol. The molecule has 0 aromatic heterocycles. The molecule has 2 aliphatic rings. The molecule has 2 saturated heterocycles. The van der Waals surface area contributed by atoms with Gasteiger partial charge in [-0.25, -0.2) is 8.42 Å². The number of nitrogens with zero attached hydrogens (tertiary/aromatic N) is 4. The molecule has 0 N–H and O–H groups in total. The van der Waals surface area contributed by atoms with Gasteiger partial charge in [-0.1, -0.05) is 18.2 Å². The molecule has 2 aromatic carbocycles. The normalized spacial score (nSPS) is 20.1. The lowest BCUT2D eigenvalue weighted by Crippen LogP contribution is -2.54. The van der Waals surface area contributed by atoms with Gasteiger partial charge in [-0.05, 0) is 37.1 Å². The van der Waals surface area contributed by atoms with E-state index in [2.05, 4.69) is 4.90 Å². The summed E-state index contributed by atoms with van der Waals surface area (Å²) in [5.74, 6) is -0.152. The minimum Gasteiger partial charge on any atom is -0.368 e. The zero-order valence-electron chi connectivity index (χ0n) is 17.0. The Bertz CT molecular complexity index is 1050. The topological polar surface area (TPSA) is 104 Å². The molecule has 31 heavy (non-hydrogen) atoms. The van der Waals surface area contributed by atoms with E-state index in [9.17, 15) is 23.3 Å². The molecule has 0 bridgehead atoms.